The lowest BCUT2D eigenvalue weighted by molar-refractivity contribution is -0.179. The first-order valence-corrected chi connectivity index (χ1v) is 10.8. The molecule has 0 aliphatic carbocycles. The minimum atomic E-state index is -1.24. The molecular formula is C25H31NO3. The topological polar surface area (TPSA) is 38.8 Å². The van der Waals surface area contributed by atoms with Gasteiger partial charge in [-0.05, 0) is 50.3 Å². The molecule has 3 atom stereocenters. The van der Waals surface area contributed by atoms with Crippen LogP contribution >= 0.6 is 0 Å². The molecular weight excluding hydrogens is 362 g/mol. The van der Waals surface area contributed by atoms with Crippen LogP contribution in [-0.2, 0) is 19.9 Å². The fourth-order valence-corrected chi connectivity index (χ4v) is 4.97. The van der Waals surface area contributed by atoms with Crippen molar-refractivity contribution in [3.05, 3.63) is 71.8 Å². The highest BCUT2D eigenvalue weighted by molar-refractivity contribution is 5.86. The van der Waals surface area contributed by atoms with Crippen molar-refractivity contribution in [2.75, 3.05) is 13.7 Å². The van der Waals surface area contributed by atoms with E-state index in [1.165, 1.54) is 6.42 Å². The third-order valence-electron chi connectivity index (χ3n) is 6.54. The van der Waals surface area contributed by atoms with Gasteiger partial charge in [0.2, 0.25) is 5.60 Å². The molecule has 0 radical (unpaired) electrons. The molecule has 2 aromatic rings. The lowest BCUT2D eigenvalue weighted by Crippen LogP contribution is -2.50. The van der Waals surface area contributed by atoms with Crippen LogP contribution in [0, 0.1) is 0 Å². The predicted molar refractivity (Wildman–Crippen MR) is 114 cm³/mol. The summed E-state index contributed by atoms with van der Waals surface area (Å²) >= 11 is 0. The van der Waals surface area contributed by atoms with E-state index < -0.39 is 5.60 Å². The van der Waals surface area contributed by atoms with Crippen LogP contribution in [0.3, 0.4) is 0 Å². The number of fused-ring (bicyclic) bond motifs is 2. The summed E-state index contributed by atoms with van der Waals surface area (Å²) in [5, 5.41) is 0. The van der Waals surface area contributed by atoms with Crippen molar-refractivity contribution in [1.82, 2.24) is 4.90 Å². The van der Waals surface area contributed by atoms with Crippen molar-refractivity contribution < 1.29 is 14.3 Å². The van der Waals surface area contributed by atoms with E-state index in [-0.39, 0.29) is 12.1 Å². The van der Waals surface area contributed by atoms with Crippen LogP contribution in [0.1, 0.15) is 50.2 Å². The molecule has 2 bridgehead atoms. The summed E-state index contributed by atoms with van der Waals surface area (Å²) in [6, 6.07) is 20.5. The fourth-order valence-electron chi connectivity index (χ4n) is 4.97. The maximum atomic E-state index is 13.9. The third-order valence-corrected chi connectivity index (χ3v) is 6.54. The van der Waals surface area contributed by atoms with Gasteiger partial charge >= 0.3 is 5.97 Å². The SMILES string of the molecule is CCCOC(C(=O)O[C@@H]1CCC2CCC1N2C)(c1ccccc1)c1ccccc1. The lowest BCUT2D eigenvalue weighted by Gasteiger charge is -2.39. The Morgan fingerprint density at radius 1 is 0.966 bits per heavy atom. The first-order valence-electron chi connectivity index (χ1n) is 10.8. The number of hydrogen-bond acceptors (Lipinski definition) is 4. The van der Waals surface area contributed by atoms with Crippen molar-refractivity contribution >= 4 is 5.97 Å². The molecule has 2 saturated heterocycles. The highest BCUT2D eigenvalue weighted by Gasteiger charge is 2.48. The van der Waals surface area contributed by atoms with Crippen molar-refractivity contribution in [2.45, 2.75) is 62.8 Å². The zero-order valence-electron chi connectivity index (χ0n) is 17.4. The van der Waals surface area contributed by atoms with Gasteiger partial charge in [0, 0.05) is 18.7 Å². The summed E-state index contributed by atoms with van der Waals surface area (Å²) in [6.07, 6.45) is 5.06. The molecule has 2 heterocycles. The molecule has 4 heteroatoms. The molecule has 0 spiro atoms. The van der Waals surface area contributed by atoms with Crippen LogP contribution in [0.2, 0.25) is 0 Å². The first kappa shape index (κ1) is 20.1. The molecule has 2 aromatic carbocycles. The number of esters is 1. The highest BCUT2D eigenvalue weighted by atomic mass is 16.6. The molecule has 2 unspecified atom stereocenters. The molecule has 2 aliphatic rings. The smallest absolute Gasteiger partial charge is 0.348 e. The Kier molecular flexibility index (Phi) is 6.02. The summed E-state index contributed by atoms with van der Waals surface area (Å²) < 4.78 is 12.6. The van der Waals surface area contributed by atoms with Crippen LogP contribution in [0.25, 0.3) is 0 Å². The van der Waals surface area contributed by atoms with Gasteiger partial charge in [0.05, 0.1) is 0 Å². The van der Waals surface area contributed by atoms with Gasteiger partial charge in [0.15, 0.2) is 0 Å². The summed E-state index contributed by atoms with van der Waals surface area (Å²) in [5.74, 6) is -0.299. The Labute approximate surface area is 173 Å². The van der Waals surface area contributed by atoms with Crippen molar-refractivity contribution in [3.8, 4) is 0 Å². The number of likely N-dealkylation sites (N-methyl/N-ethyl adjacent to an activating group) is 1. The number of rotatable bonds is 7. The van der Waals surface area contributed by atoms with E-state index in [9.17, 15) is 4.79 Å². The molecule has 2 fully saturated rings. The normalized spacial score (nSPS) is 24.4. The van der Waals surface area contributed by atoms with E-state index in [1.54, 1.807) is 0 Å². The fraction of sp³-hybridized carbons (Fsp3) is 0.480. The van der Waals surface area contributed by atoms with E-state index in [1.807, 2.05) is 60.7 Å². The zero-order valence-corrected chi connectivity index (χ0v) is 17.4. The molecule has 4 rings (SSSR count). The monoisotopic (exact) mass is 393 g/mol. The number of carbonyl (C=O) groups is 1. The molecule has 4 nitrogen and oxygen atoms in total. The minimum Gasteiger partial charge on any atom is -0.458 e. The van der Waals surface area contributed by atoms with Crippen LogP contribution in [0.5, 0.6) is 0 Å². The Bertz CT molecular complexity index is 768. The van der Waals surface area contributed by atoms with Gasteiger partial charge < -0.3 is 9.47 Å². The van der Waals surface area contributed by atoms with Crippen molar-refractivity contribution in [2.24, 2.45) is 0 Å². The Hall–Kier alpha value is -2.17. The molecule has 0 aromatic heterocycles. The molecule has 2 aliphatic heterocycles. The molecule has 0 N–H and O–H groups in total. The van der Waals surface area contributed by atoms with Crippen LogP contribution in [-0.4, -0.2) is 42.7 Å². The highest BCUT2D eigenvalue weighted by Crippen LogP contribution is 2.40. The van der Waals surface area contributed by atoms with Crippen molar-refractivity contribution in [3.63, 3.8) is 0 Å². The van der Waals surface area contributed by atoms with E-state index >= 15 is 0 Å². The first-order chi connectivity index (χ1) is 14.2. The third kappa shape index (κ3) is 3.72. The van der Waals surface area contributed by atoms with Gasteiger partial charge in [-0.3, -0.25) is 4.90 Å². The zero-order chi connectivity index (χ0) is 20.3. The van der Waals surface area contributed by atoms with Gasteiger partial charge in [0.25, 0.3) is 0 Å². The number of ether oxygens (including phenoxy) is 2. The summed E-state index contributed by atoms with van der Waals surface area (Å²) in [7, 11) is 2.16. The van der Waals surface area contributed by atoms with E-state index in [4.69, 9.17) is 9.47 Å². The van der Waals surface area contributed by atoms with E-state index in [2.05, 4.69) is 18.9 Å². The minimum absolute atomic E-state index is 0.0803. The van der Waals surface area contributed by atoms with E-state index in [0.29, 0.717) is 18.7 Å². The van der Waals surface area contributed by atoms with Crippen molar-refractivity contribution in [1.29, 1.82) is 0 Å². The lowest BCUT2D eigenvalue weighted by atomic mass is 9.85. The number of carbonyl (C=O) groups excluding carboxylic acids is 1. The quantitative estimate of drug-likeness (QED) is 0.648. The standard InChI is InChI=1S/C25H31NO3/c1-3-18-28-25(19-10-6-4-7-11-19,20-12-8-5-9-13-20)24(27)29-23-17-15-21-14-16-22(23)26(21)2/h4-13,21-23H,3,14-18H2,1-2H3/t21?,22?,23-/m1/s1. The van der Waals surface area contributed by atoms with Gasteiger partial charge in [-0.2, -0.15) is 0 Å². The Balaban J connectivity index is 1.72. The number of piperidine rings is 1. The number of benzene rings is 2. The van der Waals surface area contributed by atoms with Crippen LogP contribution in [0.4, 0.5) is 0 Å². The summed E-state index contributed by atoms with van der Waals surface area (Å²) in [6.45, 7) is 2.54. The maximum absolute atomic E-state index is 13.9. The molecule has 0 saturated carbocycles. The van der Waals surface area contributed by atoms with E-state index in [0.717, 1.165) is 36.8 Å². The molecule has 154 valence electrons. The van der Waals surface area contributed by atoms with Gasteiger partial charge in [-0.1, -0.05) is 67.6 Å². The second-order valence-electron chi connectivity index (χ2n) is 8.25. The predicted octanol–water partition coefficient (Wildman–Crippen LogP) is 4.53. The van der Waals surface area contributed by atoms with Crippen LogP contribution in [0.15, 0.2) is 60.7 Å². The maximum Gasteiger partial charge on any atom is 0.348 e. The summed E-state index contributed by atoms with van der Waals surface area (Å²) in [5.41, 5.74) is 0.392. The largest absolute Gasteiger partial charge is 0.458 e. The van der Waals surface area contributed by atoms with Gasteiger partial charge in [-0.15, -0.1) is 0 Å². The second-order valence-corrected chi connectivity index (χ2v) is 8.25. The Morgan fingerprint density at radius 3 is 2.14 bits per heavy atom. The second kappa shape index (κ2) is 8.68. The Morgan fingerprint density at radius 2 is 1.55 bits per heavy atom. The summed E-state index contributed by atoms with van der Waals surface area (Å²) in [4.78, 5) is 16.3. The van der Waals surface area contributed by atoms with Gasteiger partial charge in [0.1, 0.15) is 6.10 Å². The molecule has 29 heavy (non-hydrogen) atoms. The van der Waals surface area contributed by atoms with Crippen LogP contribution < -0.4 is 0 Å². The molecule has 0 amide bonds. The number of nitrogens with zero attached hydrogens (tertiary/aromatic N) is 1. The van der Waals surface area contributed by atoms with Gasteiger partial charge in [-0.25, -0.2) is 4.79 Å². The average molecular weight is 394 g/mol. The average Bonchev–Trinajstić information content (AvgIpc) is 2.99. The number of hydrogen-bond donors (Lipinski definition) is 0.